The number of nitrogens with zero attached hydrogens (tertiary/aromatic N) is 1. The van der Waals surface area contributed by atoms with Crippen LogP contribution in [0.1, 0.15) is 31.9 Å². The van der Waals surface area contributed by atoms with Gasteiger partial charge in [0, 0.05) is 19.3 Å². The van der Waals surface area contributed by atoms with E-state index < -0.39 is 11.7 Å². The number of ether oxygens (including phenoxy) is 1. The Hall–Kier alpha value is -1.59. The molecule has 0 atom stereocenters. The summed E-state index contributed by atoms with van der Waals surface area (Å²) in [5, 5.41) is 13.0. The molecule has 5 nitrogen and oxygen atoms in total. The average molecular weight is 266 g/mol. The molecule has 0 unspecified atom stereocenters. The first kappa shape index (κ1) is 15.5. The summed E-state index contributed by atoms with van der Waals surface area (Å²) in [5.41, 5.74) is 2.08. The summed E-state index contributed by atoms with van der Waals surface area (Å²) in [6, 6.07) is 5.57. The van der Waals surface area contributed by atoms with Crippen LogP contribution in [0.3, 0.4) is 0 Å². The van der Waals surface area contributed by atoms with Gasteiger partial charge < -0.3 is 9.94 Å². The fourth-order valence-corrected chi connectivity index (χ4v) is 1.64. The summed E-state index contributed by atoms with van der Waals surface area (Å²) in [6.07, 6.45) is -0.470. The number of aryl methyl sites for hydroxylation is 1. The van der Waals surface area contributed by atoms with Crippen molar-refractivity contribution in [3.63, 3.8) is 0 Å². The van der Waals surface area contributed by atoms with E-state index >= 15 is 0 Å². The maximum Gasteiger partial charge on any atom is 0.412 e. The minimum Gasteiger partial charge on any atom is -0.444 e. The number of anilines is 1. The van der Waals surface area contributed by atoms with Crippen molar-refractivity contribution >= 4 is 11.8 Å². The second-order valence-corrected chi connectivity index (χ2v) is 5.59. The molecule has 106 valence electrons. The summed E-state index contributed by atoms with van der Waals surface area (Å²) in [4.78, 5) is 11.7. The van der Waals surface area contributed by atoms with E-state index in [9.17, 15) is 10.0 Å². The molecule has 2 N–H and O–H groups in total. The van der Waals surface area contributed by atoms with Crippen molar-refractivity contribution in [3.05, 3.63) is 29.3 Å². The summed E-state index contributed by atoms with van der Waals surface area (Å²) in [6.45, 7) is 7.79. The van der Waals surface area contributed by atoms with Gasteiger partial charge in [-0.2, -0.15) is 5.06 Å². The van der Waals surface area contributed by atoms with Crippen molar-refractivity contribution in [1.82, 2.24) is 5.06 Å². The monoisotopic (exact) mass is 266 g/mol. The van der Waals surface area contributed by atoms with Gasteiger partial charge in [0.2, 0.25) is 0 Å². The summed E-state index contributed by atoms with van der Waals surface area (Å²) in [7, 11) is 1.59. The maximum absolute atomic E-state index is 11.7. The molecule has 0 bridgehead atoms. The molecule has 5 heteroatoms. The second-order valence-electron chi connectivity index (χ2n) is 5.59. The van der Waals surface area contributed by atoms with Gasteiger partial charge in [0.25, 0.3) is 0 Å². The predicted octanol–water partition coefficient (Wildman–Crippen LogP) is 3.16. The lowest BCUT2D eigenvalue weighted by molar-refractivity contribution is -0.0731. The average Bonchev–Trinajstić information content (AvgIpc) is 2.18. The normalized spacial score (nSPS) is 11.5. The minimum absolute atomic E-state index is 0.438. The van der Waals surface area contributed by atoms with Gasteiger partial charge in [0.15, 0.2) is 0 Å². The van der Waals surface area contributed by atoms with Crippen molar-refractivity contribution in [2.75, 3.05) is 12.4 Å². The van der Waals surface area contributed by atoms with Crippen LogP contribution >= 0.6 is 0 Å². The Morgan fingerprint density at radius 1 is 1.42 bits per heavy atom. The molecular weight excluding hydrogens is 244 g/mol. The molecule has 0 aliphatic rings. The first-order valence-electron chi connectivity index (χ1n) is 6.17. The number of amides is 1. The molecular formula is C14H22N2O3. The zero-order valence-electron chi connectivity index (χ0n) is 12.2. The molecule has 1 amide bonds. The Balaban J connectivity index is 2.72. The molecule has 0 saturated heterocycles. The number of rotatable bonds is 3. The van der Waals surface area contributed by atoms with Crippen LogP contribution < -0.4 is 5.32 Å². The molecule has 0 aliphatic carbocycles. The largest absolute Gasteiger partial charge is 0.444 e. The third-order valence-electron chi connectivity index (χ3n) is 2.34. The molecule has 0 saturated carbocycles. The number of hydrogen-bond acceptors (Lipinski definition) is 4. The van der Waals surface area contributed by atoms with Crippen LogP contribution in [0.5, 0.6) is 0 Å². The number of hydroxylamine groups is 2. The highest BCUT2D eigenvalue weighted by Crippen LogP contribution is 2.18. The van der Waals surface area contributed by atoms with Crippen LogP contribution in [0.15, 0.2) is 18.2 Å². The van der Waals surface area contributed by atoms with Gasteiger partial charge in [-0.1, -0.05) is 12.1 Å². The first-order chi connectivity index (χ1) is 8.67. The van der Waals surface area contributed by atoms with Crippen molar-refractivity contribution in [2.24, 2.45) is 0 Å². The molecule has 0 fully saturated rings. The molecule has 0 aromatic heterocycles. The smallest absolute Gasteiger partial charge is 0.412 e. The van der Waals surface area contributed by atoms with E-state index in [2.05, 4.69) is 5.32 Å². The topological polar surface area (TPSA) is 61.8 Å². The van der Waals surface area contributed by atoms with Crippen LogP contribution in [-0.4, -0.2) is 29.0 Å². The second kappa shape index (κ2) is 6.04. The third kappa shape index (κ3) is 5.72. The van der Waals surface area contributed by atoms with Gasteiger partial charge in [-0.15, -0.1) is 0 Å². The predicted molar refractivity (Wildman–Crippen MR) is 74.3 cm³/mol. The van der Waals surface area contributed by atoms with E-state index in [-0.39, 0.29) is 0 Å². The highest BCUT2D eigenvalue weighted by molar-refractivity contribution is 5.85. The number of nitrogens with one attached hydrogen (secondary N) is 1. The van der Waals surface area contributed by atoms with Gasteiger partial charge >= 0.3 is 6.09 Å². The number of hydrogen-bond donors (Lipinski definition) is 2. The third-order valence-corrected chi connectivity index (χ3v) is 2.34. The number of benzene rings is 1. The number of carbonyl (C=O) groups is 1. The van der Waals surface area contributed by atoms with E-state index in [0.717, 1.165) is 16.2 Å². The summed E-state index contributed by atoms with van der Waals surface area (Å²) < 4.78 is 5.19. The first-order valence-corrected chi connectivity index (χ1v) is 6.17. The van der Waals surface area contributed by atoms with E-state index in [1.165, 1.54) is 0 Å². The van der Waals surface area contributed by atoms with Crippen LogP contribution in [0, 0.1) is 6.92 Å². The Morgan fingerprint density at radius 2 is 2.05 bits per heavy atom. The van der Waals surface area contributed by atoms with Crippen molar-refractivity contribution in [3.8, 4) is 0 Å². The molecule has 0 radical (unpaired) electrons. The Kier molecular flexibility index (Phi) is 4.91. The van der Waals surface area contributed by atoms with Crippen LogP contribution in [-0.2, 0) is 11.3 Å². The molecule has 1 aromatic rings. The minimum atomic E-state index is -0.516. The molecule has 1 aromatic carbocycles. The lowest BCUT2D eigenvalue weighted by atomic mass is 10.1. The van der Waals surface area contributed by atoms with Gasteiger partial charge in [0.1, 0.15) is 5.60 Å². The van der Waals surface area contributed by atoms with Gasteiger partial charge in [-0.25, -0.2) is 4.79 Å². The molecule has 0 heterocycles. The summed E-state index contributed by atoms with van der Waals surface area (Å²) >= 11 is 0. The van der Waals surface area contributed by atoms with Crippen LogP contribution in [0.4, 0.5) is 10.5 Å². The quantitative estimate of drug-likeness (QED) is 0.825. The highest BCUT2D eigenvalue weighted by atomic mass is 16.6. The highest BCUT2D eigenvalue weighted by Gasteiger charge is 2.16. The standard InChI is InChI=1S/C14H22N2O3/c1-10-8-11(9-16(5)18)6-7-12(10)15-13(17)19-14(2,3)4/h6-8,18H,9H2,1-5H3,(H,15,17). The van der Waals surface area contributed by atoms with Crippen LogP contribution in [0.25, 0.3) is 0 Å². The summed E-state index contributed by atoms with van der Waals surface area (Å²) in [5.74, 6) is 0. The van der Waals surface area contributed by atoms with Crippen molar-refractivity contribution < 1.29 is 14.7 Å². The van der Waals surface area contributed by atoms with Crippen molar-refractivity contribution in [2.45, 2.75) is 39.8 Å². The fraction of sp³-hybridized carbons (Fsp3) is 0.500. The lowest BCUT2D eigenvalue weighted by Crippen LogP contribution is -2.27. The van der Waals surface area contributed by atoms with Crippen molar-refractivity contribution in [1.29, 1.82) is 0 Å². The molecule has 0 spiro atoms. The fourth-order valence-electron chi connectivity index (χ4n) is 1.64. The van der Waals surface area contributed by atoms with Gasteiger partial charge in [-0.05, 0) is 44.9 Å². The molecule has 1 rings (SSSR count). The van der Waals surface area contributed by atoms with Crippen LogP contribution in [0.2, 0.25) is 0 Å². The van der Waals surface area contributed by atoms with E-state index in [1.807, 2.05) is 39.8 Å². The maximum atomic E-state index is 11.7. The Bertz CT molecular complexity index is 450. The van der Waals surface area contributed by atoms with E-state index in [4.69, 9.17) is 4.74 Å². The van der Waals surface area contributed by atoms with E-state index in [0.29, 0.717) is 12.2 Å². The van der Waals surface area contributed by atoms with Gasteiger partial charge in [0.05, 0.1) is 0 Å². The molecule has 19 heavy (non-hydrogen) atoms. The SMILES string of the molecule is Cc1cc(CN(C)O)ccc1NC(=O)OC(C)(C)C. The van der Waals surface area contributed by atoms with Gasteiger partial charge in [-0.3, -0.25) is 5.32 Å². The number of carbonyl (C=O) groups excluding carboxylic acids is 1. The zero-order chi connectivity index (χ0) is 14.6. The molecule has 0 aliphatic heterocycles. The Labute approximate surface area is 114 Å². The zero-order valence-corrected chi connectivity index (χ0v) is 12.2. The Morgan fingerprint density at radius 3 is 2.53 bits per heavy atom. The lowest BCUT2D eigenvalue weighted by Gasteiger charge is -2.20. The van der Waals surface area contributed by atoms with E-state index in [1.54, 1.807) is 13.1 Å².